The van der Waals surface area contributed by atoms with Crippen LogP contribution in [0.2, 0.25) is 0 Å². The molecule has 1 aliphatic rings. The zero-order chi connectivity index (χ0) is 38.7. The van der Waals surface area contributed by atoms with Crippen molar-refractivity contribution in [1.82, 2.24) is 0 Å². The number of para-hydroxylation sites is 4. The molecule has 6 nitrogen and oxygen atoms in total. The highest BCUT2D eigenvalue weighted by Gasteiger charge is 2.34. The van der Waals surface area contributed by atoms with E-state index in [1.54, 1.807) is 23.5 Å². The predicted octanol–water partition coefficient (Wildman–Crippen LogP) is 11.9. The van der Waals surface area contributed by atoms with Crippen LogP contribution < -0.4 is 19.6 Å². The first kappa shape index (κ1) is 38.1. The Bertz CT molecular complexity index is 2190. The summed E-state index contributed by atoms with van der Waals surface area (Å²) in [6, 6.07) is 58.7. The molecule has 278 valence electrons. The van der Waals surface area contributed by atoms with Gasteiger partial charge in [0, 0.05) is 36.8 Å². The van der Waals surface area contributed by atoms with Crippen molar-refractivity contribution in [1.29, 1.82) is 0 Å². The molecule has 7 rings (SSSR count). The summed E-state index contributed by atoms with van der Waals surface area (Å²) in [4.78, 5) is 19.9. The molecule has 0 atom stereocenters. The molecule has 0 bridgehead atoms. The summed E-state index contributed by atoms with van der Waals surface area (Å²) < 4.78 is 0. The maximum Gasteiger partial charge on any atom is 0.175 e. The molecule has 0 saturated heterocycles. The van der Waals surface area contributed by atoms with Crippen LogP contribution in [0.5, 0.6) is 0 Å². The number of nitrogens with zero attached hydrogens (tertiary/aromatic N) is 6. The molecule has 1 heterocycles. The summed E-state index contributed by atoms with van der Waals surface area (Å²) in [5.41, 5.74) is 7.96. The first-order chi connectivity index (χ1) is 27.5. The number of aliphatic imine (C=N–C) groups is 2. The number of thioether (sulfide) groups is 2. The second kappa shape index (κ2) is 18.5. The van der Waals surface area contributed by atoms with Crippen LogP contribution >= 0.6 is 23.5 Å². The van der Waals surface area contributed by atoms with Crippen molar-refractivity contribution in [3.8, 4) is 11.8 Å². The lowest BCUT2D eigenvalue weighted by molar-refractivity contribution is 0.925. The Morgan fingerprint density at radius 3 is 1.11 bits per heavy atom. The van der Waals surface area contributed by atoms with Crippen molar-refractivity contribution in [3.63, 3.8) is 0 Å². The van der Waals surface area contributed by atoms with Crippen molar-refractivity contribution in [2.45, 2.75) is 13.8 Å². The maximum atomic E-state index is 5.42. The number of hydrogen-bond acceptors (Lipinski definition) is 6. The number of benzene rings is 6. The smallest absolute Gasteiger partial charge is 0.175 e. The molecule has 0 N–H and O–H groups in total. The van der Waals surface area contributed by atoms with Crippen molar-refractivity contribution in [3.05, 3.63) is 193 Å². The Labute approximate surface area is 339 Å². The first-order valence-electron chi connectivity index (χ1n) is 18.5. The standard InChI is InChI=1S/C48H44N6S2/c1-37-27-31-43(32-28-37)53-45(51(3)41-23-13-7-14-24-41)46(52(4)42-25-15-8-16-26-42)54(44-33-29-38(2)30-34-44)48(50-40-21-11-6-12-22-40)56-36-18-17-35-55-47(53)49-39-19-9-5-10-20-39/h5-16,19-34H,35-36H2,1-4H3/b46-45-,49-47?,50-48?. The van der Waals surface area contributed by atoms with Gasteiger partial charge in [-0.05, 0) is 86.6 Å². The topological polar surface area (TPSA) is 37.7 Å². The summed E-state index contributed by atoms with van der Waals surface area (Å²) >= 11 is 3.26. The van der Waals surface area contributed by atoms with Gasteiger partial charge in [-0.1, -0.05) is 144 Å². The van der Waals surface area contributed by atoms with E-state index < -0.39 is 0 Å². The molecular formula is C48H44N6S2. The number of aryl methyl sites for hydroxylation is 2. The fourth-order valence-electron chi connectivity index (χ4n) is 6.20. The van der Waals surface area contributed by atoms with Crippen LogP contribution in [-0.2, 0) is 0 Å². The summed E-state index contributed by atoms with van der Waals surface area (Å²) in [5.74, 6) is 9.73. The minimum Gasteiger partial charge on any atom is -0.327 e. The molecule has 0 saturated carbocycles. The van der Waals surface area contributed by atoms with Gasteiger partial charge in [-0.25, -0.2) is 9.98 Å². The normalized spacial score (nSPS) is 16.4. The average Bonchev–Trinajstić information content (AvgIpc) is 3.24. The van der Waals surface area contributed by atoms with Gasteiger partial charge in [0.2, 0.25) is 0 Å². The SMILES string of the molecule is Cc1ccc(N2C(=Nc3ccccc3)SCC#CCSC(=Nc3ccccc3)N(c3ccc(C)cc3)/C(N(C)c3ccccc3)=C\2N(C)c2ccccc2)cc1. The Morgan fingerprint density at radius 2 is 0.768 bits per heavy atom. The van der Waals surface area contributed by atoms with Crippen LogP contribution in [0.3, 0.4) is 0 Å². The van der Waals surface area contributed by atoms with Crippen molar-refractivity contribution < 1.29 is 0 Å². The molecule has 0 spiro atoms. The van der Waals surface area contributed by atoms with E-state index in [4.69, 9.17) is 9.98 Å². The van der Waals surface area contributed by atoms with Gasteiger partial charge < -0.3 is 9.80 Å². The fraction of sp³-hybridized carbons (Fsp3) is 0.125. The van der Waals surface area contributed by atoms with Gasteiger partial charge in [-0.2, -0.15) is 0 Å². The third-order valence-corrected chi connectivity index (χ3v) is 10.8. The van der Waals surface area contributed by atoms with Gasteiger partial charge in [0.15, 0.2) is 22.0 Å². The lowest BCUT2D eigenvalue weighted by Gasteiger charge is -2.42. The van der Waals surface area contributed by atoms with Gasteiger partial charge >= 0.3 is 0 Å². The summed E-state index contributed by atoms with van der Waals surface area (Å²) in [6.07, 6.45) is 0. The number of hydrogen-bond donors (Lipinski definition) is 0. The van der Waals surface area contributed by atoms with Crippen LogP contribution in [0.25, 0.3) is 0 Å². The average molecular weight is 769 g/mol. The van der Waals surface area contributed by atoms with Crippen LogP contribution in [0, 0.1) is 25.7 Å². The molecule has 8 heteroatoms. The molecule has 6 aromatic carbocycles. The van der Waals surface area contributed by atoms with Gasteiger partial charge in [0.05, 0.1) is 22.9 Å². The summed E-state index contributed by atoms with van der Waals surface area (Å²) in [5, 5.41) is 1.56. The molecule has 0 unspecified atom stereocenters. The lowest BCUT2D eigenvalue weighted by atomic mass is 10.2. The zero-order valence-electron chi connectivity index (χ0n) is 32.1. The third kappa shape index (κ3) is 9.20. The van der Waals surface area contributed by atoms with E-state index in [1.165, 1.54) is 11.1 Å². The van der Waals surface area contributed by atoms with Gasteiger partial charge in [-0.15, -0.1) is 0 Å². The second-order valence-electron chi connectivity index (χ2n) is 13.2. The van der Waals surface area contributed by atoms with Crippen molar-refractivity contribution in [2.24, 2.45) is 9.98 Å². The monoisotopic (exact) mass is 768 g/mol. The predicted molar refractivity (Wildman–Crippen MR) is 244 cm³/mol. The van der Waals surface area contributed by atoms with Crippen LogP contribution in [0.1, 0.15) is 11.1 Å². The summed E-state index contributed by atoms with van der Waals surface area (Å²) in [7, 11) is 4.27. The Balaban J connectivity index is 1.67. The highest BCUT2D eigenvalue weighted by molar-refractivity contribution is 8.14. The largest absolute Gasteiger partial charge is 0.327 e. The fourth-order valence-corrected chi connectivity index (χ4v) is 7.79. The van der Waals surface area contributed by atoms with Gasteiger partial charge in [0.25, 0.3) is 0 Å². The van der Waals surface area contributed by atoms with E-state index >= 15 is 0 Å². The molecule has 0 fully saturated rings. The van der Waals surface area contributed by atoms with E-state index in [9.17, 15) is 0 Å². The molecule has 56 heavy (non-hydrogen) atoms. The van der Waals surface area contributed by atoms with Crippen molar-refractivity contribution in [2.75, 3.05) is 45.2 Å². The third-order valence-electron chi connectivity index (χ3n) is 9.15. The zero-order valence-corrected chi connectivity index (χ0v) is 33.7. The minimum absolute atomic E-state index is 0.549. The van der Waals surface area contributed by atoms with Crippen LogP contribution in [0.4, 0.5) is 34.1 Å². The lowest BCUT2D eigenvalue weighted by Crippen LogP contribution is -2.46. The number of amidine groups is 2. The Hall–Kier alpha value is -6.14. The first-order valence-corrected chi connectivity index (χ1v) is 20.5. The molecule has 0 radical (unpaired) electrons. The molecule has 0 aromatic heterocycles. The van der Waals surface area contributed by atoms with Gasteiger partial charge in [0.1, 0.15) is 0 Å². The van der Waals surface area contributed by atoms with E-state index in [2.05, 4.69) is 169 Å². The maximum absolute atomic E-state index is 5.42. The van der Waals surface area contributed by atoms with E-state index in [0.29, 0.717) is 11.5 Å². The second-order valence-corrected chi connectivity index (χ2v) is 15.1. The molecular weight excluding hydrogens is 725 g/mol. The van der Waals surface area contributed by atoms with E-state index in [-0.39, 0.29) is 0 Å². The van der Waals surface area contributed by atoms with E-state index in [0.717, 1.165) is 56.1 Å². The quantitative estimate of drug-likeness (QED) is 0.144. The highest BCUT2D eigenvalue weighted by atomic mass is 32.2. The van der Waals surface area contributed by atoms with E-state index in [1.807, 2.05) is 60.7 Å². The number of rotatable bonds is 8. The molecule has 0 amide bonds. The Morgan fingerprint density at radius 1 is 0.446 bits per heavy atom. The van der Waals surface area contributed by atoms with Crippen molar-refractivity contribution >= 4 is 68.0 Å². The van der Waals surface area contributed by atoms with Crippen LogP contribution in [-0.4, -0.2) is 35.9 Å². The molecule has 0 aliphatic carbocycles. The highest BCUT2D eigenvalue weighted by Crippen LogP contribution is 2.38. The Kier molecular flexibility index (Phi) is 12.6. The van der Waals surface area contributed by atoms with Gasteiger partial charge in [-0.3, -0.25) is 9.80 Å². The molecule has 1 aliphatic heterocycles. The number of anilines is 4. The molecule has 6 aromatic rings. The minimum atomic E-state index is 0.549. The van der Waals surface area contributed by atoms with Crippen LogP contribution in [0.15, 0.2) is 191 Å². The summed E-state index contributed by atoms with van der Waals surface area (Å²) in [6.45, 7) is 4.24.